The Morgan fingerprint density at radius 2 is 1.33 bits per heavy atom. The molecule has 0 saturated heterocycles. The SMILES string of the molecule is Cc1ccccc1C=C(C1CCCCC1)C1CCCCC1. The predicted octanol–water partition coefficient (Wildman–Crippen LogP) is 6.54. The predicted molar refractivity (Wildman–Crippen MR) is 92.3 cm³/mol. The molecule has 1 aromatic carbocycles. The number of aryl methyl sites for hydroxylation is 1. The Balaban J connectivity index is 1.88. The molecule has 3 rings (SSSR count). The molecule has 2 fully saturated rings. The zero-order chi connectivity index (χ0) is 14.5. The number of benzene rings is 1. The molecule has 114 valence electrons. The summed E-state index contributed by atoms with van der Waals surface area (Å²) in [5, 5.41) is 0. The minimum atomic E-state index is 0.876. The van der Waals surface area contributed by atoms with E-state index >= 15 is 0 Å². The van der Waals surface area contributed by atoms with E-state index in [-0.39, 0.29) is 0 Å². The number of hydrogen-bond donors (Lipinski definition) is 0. The summed E-state index contributed by atoms with van der Waals surface area (Å²) in [6.45, 7) is 2.26. The van der Waals surface area contributed by atoms with Crippen molar-refractivity contribution >= 4 is 6.08 Å². The first-order valence-corrected chi connectivity index (χ1v) is 9.12. The quantitative estimate of drug-likeness (QED) is 0.590. The summed E-state index contributed by atoms with van der Waals surface area (Å²) in [5.41, 5.74) is 4.70. The van der Waals surface area contributed by atoms with Crippen molar-refractivity contribution in [1.82, 2.24) is 0 Å². The second-order valence-corrected chi connectivity index (χ2v) is 7.17. The Hall–Kier alpha value is -1.04. The molecule has 2 saturated carbocycles. The van der Waals surface area contributed by atoms with E-state index in [1.807, 2.05) is 5.57 Å². The smallest absolute Gasteiger partial charge is 0.0197 e. The van der Waals surface area contributed by atoms with Crippen LogP contribution in [0.25, 0.3) is 6.08 Å². The minimum Gasteiger partial charge on any atom is -0.0634 e. The van der Waals surface area contributed by atoms with Crippen LogP contribution in [-0.2, 0) is 0 Å². The number of rotatable bonds is 3. The highest BCUT2D eigenvalue weighted by Crippen LogP contribution is 2.40. The van der Waals surface area contributed by atoms with Gasteiger partial charge < -0.3 is 0 Å². The van der Waals surface area contributed by atoms with E-state index in [0.29, 0.717) is 0 Å². The molecule has 0 N–H and O–H groups in total. The lowest BCUT2D eigenvalue weighted by molar-refractivity contribution is 0.328. The van der Waals surface area contributed by atoms with Crippen LogP contribution < -0.4 is 0 Å². The summed E-state index contributed by atoms with van der Waals surface area (Å²) < 4.78 is 0. The second kappa shape index (κ2) is 7.29. The highest BCUT2D eigenvalue weighted by molar-refractivity contribution is 5.57. The standard InChI is InChI=1S/C21H30/c1-17-10-8-9-15-20(17)16-21(18-11-4-2-5-12-18)19-13-6-3-7-14-19/h8-10,15-16,18-19H,2-7,11-14H2,1H3. The van der Waals surface area contributed by atoms with E-state index in [9.17, 15) is 0 Å². The first-order chi connectivity index (χ1) is 10.3. The van der Waals surface area contributed by atoms with Gasteiger partial charge in [0.25, 0.3) is 0 Å². The van der Waals surface area contributed by atoms with Crippen molar-refractivity contribution in [3.8, 4) is 0 Å². The Morgan fingerprint density at radius 1 is 0.810 bits per heavy atom. The van der Waals surface area contributed by atoms with E-state index < -0.39 is 0 Å². The fraction of sp³-hybridized carbons (Fsp3) is 0.619. The molecular weight excluding hydrogens is 252 g/mol. The van der Waals surface area contributed by atoms with E-state index in [2.05, 4.69) is 37.3 Å². The van der Waals surface area contributed by atoms with Gasteiger partial charge in [0, 0.05) is 0 Å². The molecule has 0 bridgehead atoms. The summed E-state index contributed by atoms with van der Waals surface area (Å²) in [7, 11) is 0. The summed E-state index contributed by atoms with van der Waals surface area (Å²) in [4.78, 5) is 0. The Morgan fingerprint density at radius 3 is 1.86 bits per heavy atom. The summed E-state index contributed by atoms with van der Waals surface area (Å²) in [6, 6.07) is 8.91. The van der Waals surface area contributed by atoms with Gasteiger partial charge in [-0.2, -0.15) is 0 Å². The van der Waals surface area contributed by atoms with Crippen LogP contribution in [0.4, 0.5) is 0 Å². The Labute approximate surface area is 130 Å². The molecule has 21 heavy (non-hydrogen) atoms. The van der Waals surface area contributed by atoms with Crippen molar-refractivity contribution in [2.45, 2.75) is 71.1 Å². The molecule has 0 aliphatic heterocycles. The molecular formula is C21H30. The summed E-state index contributed by atoms with van der Waals surface area (Å²) >= 11 is 0. The Kier molecular flexibility index (Phi) is 5.17. The normalized spacial score (nSPS) is 21.2. The molecule has 0 heteroatoms. The van der Waals surface area contributed by atoms with Gasteiger partial charge in [-0.05, 0) is 55.6 Å². The average Bonchev–Trinajstić information content (AvgIpc) is 2.56. The minimum absolute atomic E-state index is 0.876. The topological polar surface area (TPSA) is 0 Å². The van der Waals surface area contributed by atoms with Gasteiger partial charge in [-0.1, -0.05) is 74.4 Å². The zero-order valence-corrected chi connectivity index (χ0v) is 13.6. The highest BCUT2D eigenvalue weighted by Gasteiger charge is 2.25. The maximum Gasteiger partial charge on any atom is -0.0197 e. The molecule has 0 nitrogen and oxygen atoms in total. The van der Waals surface area contributed by atoms with Gasteiger partial charge in [0.2, 0.25) is 0 Å². The highest BCUT2D eigenvalue weighted by atomic mass is 14.3. The largest absolute Gasteiger partial charge is 0.0634 e. The summed E-state index contributed by atoms with van der Waals surface area (Å²) in [6.07, 6.45) is 17.0. The summed E-state index contributed by atoms with van der Waals surface area (Å²) in [5.74, 6) is 1.75. The molecule has 0 amide bonds. The van der Waals surface area contributed by atoms with Crippen molar-refractivity contribution < 1.29 is 0 Å². The second-order valence-electron chi connectivity index (χ2n) is 7.17. The third-order valence-corrected chi connectivity index (χ3v) is 5.66. The molecule has 0 aromatic heterocycles. The number of hydrogen-bond acceptors (Lipinski definition) is 0. The maximum absolute atomic E-state index is 2.58. The van der Waals surface area contributed by atoms with Crippen molar-refractivity contribution in [2.75, 3.05) is 0 Å². The molecule has 0 heterocycles. The average molecular weight is 282 g/mol. The van der Waals surface area contributed by atoms with Gasteiger partial charge in [0.1, 0.15) is 0 Å². The fourth-order valence-corrected chi connectivity index (χ4v) is 4.37. The third-order valence-electron chi connectivity index (χ3n) is 5.66. The van der Waals surface area contributed by atoms with Crippen molar-refractivity contribution in [2.24, 2.45) is 11.8 Å². The molecule has 0 spiro atoms. The lowest BCUT2D eigenvalue weighted by Gasteiger charge is -2.32. The fourth-order valence-electron chi connectivity index (χ4n) is 4.37. The zero-order valence-electron chi connectivity index (χ0n) is 13.6. The molecule has 2 aliphatic rings. The first kappa shape index (κ1) is 14.9. The Bertz CT molecular complexity index is 451. The van der Waals surface area contributed by atoms with Gasteiger partial charge in [0.05, 0.1) is 0 Å². The van der Waals surface area contributed by atoms with Crippen LogP contribution in [0.3, 0.4) is 0 Å². The first-order valence-electron chi connectivity index (χ1n) is 9.12. The van der Waals surface area contributed by atoms with Crippen LogP contribution in [0.1, 0.15) is 75.3 Å². The van der Waals surface area contributed by atoms with Crippen LogP contribution >= 0.6 is 0 Å². The van der Waals surface area contributed by atoms with Crippen LogP contribution in [0, 0.1) is 18.8 Å². The molecule has 0 radical (unpaired) electrons. The van der Waals surface area contributed by atoms with Crippen LogP contribution in [0.15, 0.2) is 29.8 Å². The van der Waals surface area contributed by atoms with E-state index in [1.54, 1.807) is 0 Å². The van der Waals surface area contributed by atoms with Crippen molar-refractivity contribution in [3.63, 3.8) is 0 Å². The number of allylic oxidation sites excluding steroid dienone is 1. The monoisotopic (exact) mass is 282 g/mol. The van der Waals surface area contributed by atoms with Crippen molar-refractivity contribution in [1.29, 1.82) is 0 Å². The van der Waals surface area contributed by atoms with Gasteiger partial charge >= 0.3 is 0 Å². The van der Waals surface area contributed by atoms with Crippen LogP contribution in [-0.4, -0.2) is 0 Å². The molecule has 0 unspecified atom stereocenters. The lowest BCUT2D eigenvalue weighted by atomic mass is 9.73. The lowest BCUT2D eigenvalue weighted by Crippen LogP contribution is -2.18. The van der Waals surface area contributed by atoms with Crippen LogP contribution in [0.5, 0.6) is 0 Å². The molecule has 1 aromatic rings. The van der Waals surface area contributed by atoms with Crippen LogP contribution in [0.2, 0.25) is 0 Å². The maximum atomic E-state index is 2.58. The van der Waals surface area contributed by atoms with Gasteiger partial charge in [-0.15, -0.1) is 0 Å². The van der Waals surface area contributed by atoms with E-state index in [0.717, 1.165) is 11.8 Å². The molecule has 0 atom stereocenters. The van der Waals surface area contributed by atoms with E-state index in [4.69, 9.17) is 0 Å². The van der Waals surface area contributed by atoms with Crippen molar-refractivity contribution in [3.05, 3.63) is 41.0 Å². The van der Waals surface area contributed by atoms with Gasteiger partial charge in [-0.25, -0.2) is 0 Å². The third kappa shape index (κ3) is 3.78. The van der Waals surface area contributed by atoms with Gasteiger partial charge in [-0.3, -0.25) is 0 Å². The molecule has 2 aliphatic carbocycles. The van der Waals surface area contributed by atoms with Gasteiger partial charge in [0.15, 0.2) is 0 Å². The van der Waals surface area contributed by atoms with E-state index in [1.165, 1.54) is 75.3 Å².